The SMILES string of the molecule is CC1CCCC(C(O)C2(CN)CCCC(C)C2)C1. The minimum Gasteiger partial charge on any atom is -0.392 e. The van der Waals surface area contributed by atoms with Gasteiger partial charge in [-0.15, -0.1) is 0 Å². The van der Waals surface area contributed by atoms with E-state index in [-0.39, 0.29) is 11.5 Å². The summed E-state index contributed by atoms with van der Waals surface area (Å²) >= 11 is 0. The van der Waals surface area contributed by atoms with Gasteiger partial charge in [0.2, 0.25) is 0 Å². The van der Waals surface area contributed by atoms with Gasteiger partial charge in [-0.05, 0) is 43.4 Å². The molecule has 0 bridgehead atoms. The van der Waals surface area contributed by atoms with Crippen LogP contribution in [0.1, 0.15) is 65.2 Å². The summed E-state index contributed by atoms with van der Waals surface area (Å²) in [6.45, 7) is 5.32. The van der Waals surface area contributed by atoms with E-state index < -0.39 is 0 Å². The molecule has 0 aliphatic heterocycles. The Kier molecular flexibility index (Phi) is 4.71. The van der Waals surface area contributed by atoms with Gasteiger partial charge in [0.1, 0.15) is 0 Å². The van der Waals surface area contributed by atoms with Crippen LogP contribution in [0.2, 0.25) is 0 Å². The zero-order valence-corrected chi connectivity index (χ0v) is 12.2. The molecule has 2 nitrogen and oxygen atoms in total. The lowest BCUT2D eigenvalue weighted by molar-refractivity contribution is -0.0605. The first-order chi connectivity index (χ1) is 8.57. The third-order valence-corrected chi connectivity index (χ3v) is 5.58. The molecule has 0 saturated heterocycles. The van der Waals surface area contributed by atoms with Crippen LogP contribution in [-0.2, 0) is 0 Å². The maximum Gasteiger partial charge on any atom is 0.0636 e. The average molecular weight is 253 g/mol. The van der Waals surface area contributed by atoms with Gasteiger partial charge in [-0.3, -0.25) is 0 Å². The molecule has 0 heterocycles. The first-order valence-corrected chi connectivity index (χ1v) is 7.95. The van der Waals surface area contributed by atoms with Gasteiger partial charge in [0.15, 0.2) is 0 Å². The molecule has 2 aliphatic rings. The average Bonchev–Trinajstić information content (AvgIpc) is 2.37. The van der Waals surface area contributed by atoms with Crippen LogP contribution in [0, 0.1) is 23.2 Å². The summed E-state index contributed by atoms with van der Waals surface area (Å²) < 4.78 is 0. The summed E-state index contributed by atoms with van der Waals surface area (Å²) in [7, 11) is 0. The van der Waals surface area contributed by atoms with Gasteiger partial charge < -0.3 is 10.8 Å². The summed E-state index contributed by atoms with van der Waals surface area (Å²) in [4.78, 5) is 0. The van der Waals surface area contributed by atoms with Crippen molar-refractivity contribution >= 4 is 0 Å². The van der Waals surface area contributed by atoms with Gasteiger partial charge in [-0.2, -0.15) is 0 Å². The van der Waals surface area contributed by atoms with Crippen molar-refractivity contribution < 1.29 is 5.11 Å². The van der Waals surface area contributed by atoms with E-state index in [2.05, 4.69) is 13.8 Å². The van der Waals surface area contributed by atoms with Gasteiger partial charge in [0, 0.05) is 12.0 Å². The molecule has 2 fully saturated rings. The van der Waals surface area contributed by atoms with Crippen molar-refractivity contribution in [1.29, 1.82) is 0 Å². The van der Waals surface area contributed by atoms with Crippen LogP contribution >= 0.6 is 0 Å². The van der Waals surface area contributed by atoms with Gasteiger partial charge in [-0.1, -0.05) is 39.5 Å². The van der Waals surface area contributed by atoms with Gasteiger partial charge in [-0.25, -0.2) is 0 Å². The Morgan fingerprint density at radius 1 is 1.17 bits per heavy atom. The van der Waals surface area contributed by atoms with E-state index in [1.165, 1.54) is 38.5 Å². The Balaban J connectivity index is 2.06. The fourth-order valence-corrected chi connectivity index (χ4v) is 4.54. The molecule has 2 heteroatoms. The maximum absolute atomic E-state index is 10.9. The van der Waals surface area contributed by atoms with Crippen molar-refractivity contribution in [3.63, 3.8) is 0 Å². The Bertz CT molecular complexity index is 268. The van der Waals surface area contributed by atoms with Crippen molar-refractivity contribution in [3.8, 4) is 0 Å². The van der Waals surface area contributed by atoms with E-state index in [0.717, 1.165) is 24.7 Å². The highest BCUT2D eigenvalue weighted by Gasteiger charge is 2.44. The third-order valence-electron chi connectivity index (χ3n) is 5.58. The molecule has 0 aromatic heterocycles. The lowest BCUT2D eigenvalue weighted by Gasteiger charge is -2.47. The highest BCUT2D eigenvalue weighted by molar-refractivity contribution is 4.95. The summed E-state index contributed by atoms with van der Waals surface area (Å²) in [6.07, 6.45) is 9.73. The molecule has 0 aromatic carbocycles. The first kappa shape index (κ1) is 14.3. The van der Waals surface area contributed by atoms with E-state index in [4.69, 9.17) is 5.73 Å². The zero-order chi connectivity index (χ0) is 13.2. The summed E-state index contributed by atoms with van der Waals surface area (Å²) in [5.41, 5.74) is 6.11. The normalized spacial score (nSPS) is 43.7. The van der Waals surface area contributed by atoms with Gasteiger partial charge in [0.25, 0.3) is 0 Å². The lowest BCUT2D eigenvalue weighted by atomic mass is 9.62. The van der Waals surface area contributed by atoms with Crippen LogP contribution in [0.25, 0.3) is 0 Å². The molecular weight excluding hydrogens is 222 g/mol. The predicted octanol–water partition coefficient (Wildman–Crippen LogP) is 3.33. The van der Waals surface area contributed by atoms with Crippen LogP contribution in [0.5, 0.6) is 0 Å². The molecule has 106 valence electrons. The second-order valence-electron chi connectivity index (χ2n) is 7.24. The van der Waals surface area contributed by atoms with E-state index >= 15 is 0 Å². The molecule has 0 aromatic rings. The molecule has 0 spiro atoms. The number of aliphatic hydroxyl groups excluding tert-OH is 1. The third kappa shape index (κ3) is 2.91. The van der Waals surface area contributed by atoms with Crippen molar-refractivity contribution in [1.82, 2.24) is 0 Å². The number of hydrogen-bond donors (Lipinski definition) is 2. The van der Waals surface area contributed by atoms with Gasteiger partial charge >= 0.3 is 0 Å². The molecule has 2 rings (SSSR count). The molecule has 2 aliphatic carbocycles. The highest BCUT2D eigenvalue weighted by Crippen LogP contribution is 2.46. The van der Waals surface area contributed by atoms with Crippen molar-refractivity contribution in [2.75, 3.05) is 6.54 Å². The van der Waals surface area contributed by atoms with Crippen LogP contribution < -0.4 is 5.73 Å². The van der Waals surface area contributed by atoms with E-state index in [9.17, 15) is 5.11 Å². The highest BCUT2D eigenvalue weighted by atomic mass is 16.3. The van der Waals surface area contributed by atoms with Gasteiger partial charge in [0.05, 0.1) is 6.10 Å². The Labute approximate surface area is 112 Å². The maximum atomic E-state index is 10.9. The van der Waals surface area contributed by atoms with E-state index in [0.29, 0.717) is 12.5 Å². The molecular formula is C16H31NO. The second-order valence-corrected chi connectivity index (χ2v) is 7.24. The van der Waals surface area contributed by atoms with Crippen LogP contribution in [0.4, 0.5) is 0 Å². The lowest BCUT2D eigenvalue weighted by Crippen LogP contribution is -2.49. The Morgan fingerprint density at radius 3 is 2.50 bits per heavy atom. The van der Waals surface area contributed by atoms with Crippen LogP contribution in [0.15, 0.2) is 0 Å². The summed E-state index contributed by atoms with van der Waals surface area (Å²) in [5.74, 6) is 2.02. The van der Waals surface area contributed by atoms with Crippen LogP contribution in [-0.4, -0.2) is 17.8 Å². The molecule has 18 heavy (non-hydrogen) atoms. The first-order valence-electron chi connectivity index (χ1n) is 7.95. The largest absolute Gasteiger partial charge is 0.392 e. The minimum absolute atomic E-state index is 0.0272. The number of hydrogen-bond acceptors (Lipinski definition) is 2. The number of aliphatic hydroxyl groups is 1. The van der Waals surface area contributed by atoms with E-state index in [1.54, 1.807) is 0 Å². The predicted molar refractivity (Wildman–Crippen MR) is 76.2 cm³/mol. The topological polar surface area (TPSA) is 46.2 Å². The number of nitrogens with two attached hydrogens (primary N) is 1. The monoisotopic (exact) mass is 253 g/mol. The molecule has 0 amide bonds. The smallest absolute Gasteiger partial charge is 0.0636 e. The Hall–Kier alpha value is -0.0800. The second kappa shape index (κ2) is 5.92. The van der Waals surface area contributed by atoms with E-state index in [1.807, 2.05) is 0 Å². The molecule has 2 saturated carbocycles. The molecule has 3 N–H and O–H groups in total. The number of rotatable bonds is 3. The minimum atomic E-state index is -0.159. The summed E-state index contributed by atoms with van der Waals surface area (Å²) in [5, 5.41) is 10.9. The van der Waals surface area contributed by atoms with Crippen molar-refractivity contribution in [3.05, 3.63) is 0 Å². The molecule has 5 unspecified atom stereocenters. The molecule has 5 atom stereocenters. The van der Waals surface area contributed by atoms with Crippen molar-refractivity contribution in [2.24, 2.45) is 28.9 Å². The fourth-order valence-electron chi connectivity index (χ4n) is 4.54. The van der Waals surface area contributed by atoms with Crippen molar-refractivity contribution in [2.45, 2.75) is 71.3 Å². The molecule has 0 radical (unpaired) electrons. The fraction of sp³-hybridized carbons (Fsp3) is 1.00. The quantitative estimate of drug-likeness (QED) is 0.810. The summed E-state index contributed by atoms with van der Waals surface area (Å²) in [6, 6.07) is 0. The van der Waals surface area contributed by atoms with Crippen LogP contribution in [0.3, 0.4) is 0 Å². The standard InChI is InChI=1S/C16H31NO/c1-12-5-3-7-14(9-12)15(18)16(11-17)8-4-6-13(2)10-16/h12-15,18H,3-11,17H2,1-2H3. The Morgan fingerprint density at radius 2 is 1.89 bits per heavy atom. The zero-order valence-electron chi connectivity index (χ0n) is 12.2.